The van der Waals surface area contributed by atoms with Crippen LogP contribution in [0.15, 0.2) is 169 Å². The Kier molecular flexibility index (Phi) is 15.8. The summed E-state index contributed by atoms with van der Waals surface area (Å²) in [6, 6.07) is 50.8. The Hall–Kier alpha value is -5.78. The van der Waals surface area contributed by atoms with Crippen molar-refractivity contribution in [3.8, 4) is 44.9 Å². The standard InChI is InChI=1S/C28H25NO.C17H23NSi.C13H13N.Ir/c1-17(2)20-13-14-29-25(15-20)24-10-6-9-23-22-12-11-21(16-26(22)30-28(23)24)27-18(3)7-5-8-19(27)4;1-13(2)15-11-16(14-9-7-6-8-10-14)18-12-17(15)19(3,4)5;1-2-11-8-9-14-13(10-11)12-6-4-3-5-7-12;/h5-17H,1-4H3;6-13H,1-5H3;3-10H,2H2,1H3;. The largest absolute Gasteiger partial charge is 0.455 e. The van der Waals surface area contributed by atoms with Crippen molar-refractivity contribution in [1.82, 2.24) is 15.0 Å². The maximum absolute atomic E-state index is 6.44. The van der Waals surface area contributed by atoms with Crippen molar-refractivity contribution in [3.63, 3.8) is 0 Å². The Morgan fingerprint density at radius 1 is 0.547 bits per heavy atom. The molecule has 64 heavy (non-hydrogen) atoms. The second-order valence-corrected chi connectivity index (χ2v) is 23.1. The number of pyridine rings is 3. The first-order valence-electron chi connectivity index (χ1n) is 22.4. The number of rotatable bonds is 8. The molecule has 0 saturated heterocycles. The molecular formula is C58H61IrN3OSi. The Balaban J connectivity index is 0.000000172. The summed E-state index contributed by atoms with van der Waals surface area (Å²) in [5.41, 5.74) is 17.5. The number of furan rings is 1. The summed E-state index contributed by atoms with van der Waals surface area (Å²) in [5, 5.41) is 3.76. The van der Waals surface area contributed by atoms with Gasteiger partial charge in [0.05, 0.1) is 25.2 Å². The summed E-state index contributed by atoms with van der Waals surface area (Å²) in [6.45, 7) is 22.6. The zero-order valence-electron chi connectivity index (χ0n) is 39.0. The van der Waals surface area contributed by atoms with E-state index in [1.807, 2.05) is 36.7 Å². The van der Waals surface area contributed by atoms with Gasteiger partial charge < -0.3 is 4.42 Å². The van der Waals surface area contributed by atoms with E-state index < -0.39 is 8.07 Å². The molecule has 0 amide bonds. The van der Waals surface area contributed by atoms with Gasteiger partial charge in [0.15, 0.2) is 0 Å². The fourth-order valence-electron chi connectivity index (χ4n) is 8.18. The van der Waals surface area contributed by atoms with Crippen molar-refractivity contribution in [3.05, 3.63) is 192 Å². The molecule has 4 heterocycles. The third kappa shape index (κ3) is 11.1. The number of aryl methyl sites for hydroxylation is 3. The van der Waals surface area contributed by atoms with E-state index >= 15 is 0 Å². The summed E-state index contributed by atoms with van der Waals surface area (Å²) in [7, 11) is -1.33. The van der Waals surface area contributed by atoms with E-state index in [1.165, 1.54) is 55.3 Å². The van der Waals surface area contributed by atoms with Gasteiger partial charge in [-0.3, -0.25) is 15.0 Å². The van der Waals surface area contributed by atoms with Crippen molar-refractivity contribution in [2.45, 2.75) is 86.4 Å². The second kappa shape index (κ2) is 21.3. The first kappa shape index (κ1) is 47.7. The van der Waals surface area contributed by atoms with Crippen LogP contribution in [0.5, 0.6) is 0 Å². The van der Waals surface area contributed by atoms with Crippen LogP contribution < -0.4 is 5.19 Å². The molecule has 4 nitrogen and oxygen atoms in total. The Bertz CT molecular complexity index is 2930. The van der Waals surface area contributed by atoms with Gasteiger partial charge >= 0.3 is 0 Å². The van der Waals surface area contributed by atoms with Crippen LogP contribution in [0.3, 0.4) is 0 Å². The van der Waals surface area contributed by atoms with E-state index in [1.54, 1.807) is 0 Å². The van der Waals surface area contributed by atoms with Gasteiger partial charge in [0.25, 0.3) is 0 Å². The van der Waals surface area contributed by atoms with Crippen LogP contribution in [0.4, 0.5) is 0 Å². The first-order chi connectivity index (χ1) is 30.3. The molecular weight excluding hydrogens is 975 g/mol. The molecule has 327 valence electrons. The SMILES string of the molecule is CC(C)c1cc(-c2ccccc2)ncc1[Si](C)(C)C.CCc1ccnc(-c2ccccc2)c1.Cc1cccc(C)c1-c1ccc2c(c1)oc1c(-c3cc(C(C)C)ccn3)cccc12.[Ir]. The number of nitrogens with zero attached hydrogens (tertiary/aromatic N) is 3. The molecule has 0 N–H and O–H groups in total. The van der Waals surface area contributed by atoms with Crippen molar-refractivity contribution in [1.29, 1.82) is 0 Å². The van der Waals surface area contributed by atoms with Crippen LogP contribution in [0, 0.1) is 13.8 Å². The van der Waals surface area contributed by atoms with Gasteiger partial charge in [-0.05, 0) is 125 Å². The van der Waals surface area contributed by atoms with Gasteiger partial charge in [-0.2, -0.15) is 0 Å². The molecule has 9 rings (SSSR count). The predicted octanol–water partition coefficient (Wildman–Crippen LogP) is 15.8. The number of para-hydroxylation sites is 1. The summed E-state index contributed by atoms with van der Waals surface area (Å²) in [6.07, 6.45) is 6.94. The van der Waals surface area contributed by atoms with E-state index in [0.29, 0.717) is 11.8 Å². The molecule has 0 bridgehead atoms. The van der Waals surface area contributed by atoms with E-state index in [-0.39, 0.29) is 20.1 Å². The average molecular weight is 1040 g/mol. The van der Waals surface area contributed by atoms with E-state index in [0.717, 1.165) is 51.0 Å². The smallest absolute Gasteiger partial charge is 0.144 e. The molecule has 0 saturated carbocycles. The molecule has 5 aromatic carbocycles. The molecule has 0 fully saturated rings. The number of hydrogen-bond acceptors (Lipinski definition) is 4. The first-order valence-corrected chi connectivity index (χ1v) is 25.9. The van der Waals surface area contributed by atoms with Crippen LogP contribution in [0.1, 0.15) is 74.3 Å². The third-order valence-electron chi connectivity index (χ3n) is 11.7. The number of fused-ring (bicyclic) bond motifs is 3. The van der Waals surface area contributed by atoms with Gasteiger partial charge in [0.1, 0.15) is 11.2 Å². The fourth-order valence-corrected chi connectivity index (χ4v) is 9.86. The molecule has 0 aliphatic rings. The summed E-state index contributed by atoms with van der Waals surface area (Å²) >= 11 is 0. The van der Waals surface area contributed by atoms with E-state index in [9.17, 15) is 0 Å². The molecule has 0 atom stereocenters. The quantitative estimate of drug-likeness (QED) is 0.142. The van der Waals surface area contributed by atoms with Gasteiger partial charge in [0, 0.05) is 66.2 Å². The normalized spacial score (nSPS) is 11.2. The Morgan fingerprint density at radius 2 is 1.16 bits per heavy atom. The molecule has 9 aromatic rings. The minimum Gasteiger partial charge on any atom is -0.455 e. The maximum atomic E-state index is 6.44. The Morgan fingerprint density at radius 3 is 1.77 bits per heavy atom. The van der Waals surface area contributed by atoms with Gasteiger partial charge in [-0.15, -0.1) is 0 Å². The number of hydrogen-bond donors (Lipinski definition) is 0. The molecule has 0 aliphatic heterocycles. The van der Waals surface area contributed by atoms with Crippen LogP contribution in [0.25, 0.3) is 66.8 Å². The zero-order valence-corrected chi connectivity index (χ0v) is 42.4. The molecule has 6 heteroatoms. The zero-order chi connectivity index (χ0) is 44.7. The van der Waals surface area contributed by atoms with Crippen LogP contribution in [-0.4, -0.2) is 23.0 Å². The van der Waals surface area contributed by atoms with Crippen LogP contribution in [0.2, 0.25) is 19.6 Å². The monoisotopic (exact) mass is 1040 g/mol. The fraction of sp³-hybridized carbons (Fsp3) is 0.224. The summed E-state index contributed by atoms with van der Waals surface area (Å²) in [5.74, 6) is 1.01. The van der Waals surface area contributed by atoms with Crippen molar-refractivity contribution in [2.24, 2.45) is 0 Å². The molecule has 1 radical (unpaired) electrons. The second-order valence-electron chi connectivity index (χ2n) is 18.1. The average Bonchev–Trinajstić information content (AvgIpc) is 3.68. The minimum absolute atomic E-state index is 0. The van der Waals surface area contributed by atoms with Crippen molar-refractivity contribution >= 4 is 35.2 Å². The van der Waals surface area contributed by atoms with Crippen molar-refractivity contribution < 1.29 is 24.5 Å². The molecule has 0 unspecified atom stereocenters. The Labute approximate surface area is 395 Å². The van der Waals surface area contributed by atoms with Gasteiger partial charge in [-0.25, -0.2) is 0 Å². The van der Waals surface area contributed by atoms with Crippen molar-refractivity contribution in [2.75, 3.05) is 0 Å². The topological polar surface area (TPSA) is 51.8 Å². The summed E-state index contributed by atoms with van der Waals surface area (Å²) < 4.78 is 6.44. The van der Waals surface area contributed by atoms with Gasteiger partial charge in [-0.1, -0.05) is 151 Å². The number of benzene rings is 5. The van der Waals surface area contributed by atoms with E-state index in [2.05, 4.69) is 206 Å². The maximum Gasteiger partial charge on any atom is 0.144 e. The van der Waals surface area contributed by atoms with E-state index in [4.69, 9.17) is 9.40 Å². The molecule has 0 spiro atoms. The van der Waals surface area contributed by atoms with Crippen LogP contribution >= 0.6 is 0 Å². The molecule has 0 aliphatic carbocycles. The predicted molar refractivity (Wildman–Crippen MR) is 272 cm³/mol. The summed E-state index contributed by atoms with van der Waals surface area (Å²) in [4.78, 5) is 13.7. The molecule has 4 aromatic heterocycles. The van der Waals surface area contributed by atoms with Gasteiger partial charge in [0.2, 0.25) is 0 Å². The number of aromatic nitrogens is 3. The van der Waals surface area contributed by atoms with Crippen LogP contribution in [-0.2, 0) is 26.5 Å². The minimum atomic E-state index is -1.33. The third-order valence-corrected chi connectivity index (χ3v) is 13.8.